The summed E-state index contributed by atoms with van der Waals surface area (Å²) in [6.45, 7) is 2.13. The van der Waals surface area contributed by atoms with Gasteiger partial charge < -0.3 is 23.8 Å². The van der Waals surface area contributed by atoms with Crippen molar-refractivity contribution in [2.45, 2.75) is 83.5 Å². The maximum Gasteiger partial charge on any atom is 1.00 e. The van der Waals surface area contributed by atoms with E-state index in [2.05, 4.69) is 41.0 Å². The van der Waals surface area contributed by atoms with Gasteiger partial charge in [-0.25, -0.2) is 0 Å². The summed E-state index contributed by atoms with van der Waals surface area (Å²) in [4.78, 5) is 19.1. The summed E-state index contributed by atoms with van der Waals surface area (Å²) in [7, 11) is -4.69. The van der Waals surface area contributed by atoms with E-state index in [1.807, 2.05) is 6.92 Å². The largest absolute Gasteiger partial charge is 1.00 e. The van der Waals surface area contributed by atoms with E-state index in [9.17, 15) is 9.46 Å². The van der Waals surface area contributed by atoms with E-state index in [1.165, 1.54) is 25.7 Å². The van der Waals surface area contributed by atoms with E-state index in [0.717, 1.165) is 38.5 Å². The molecule has 1 fully saturated rings. The SMILES string of the molecule is CC=CCC=CCC=CCCCCCCCCC1OCC(COP(=O)([O-])O)O1.[K+]. The molecule has 1 aliphatic rings. The molecule has 1 heterocycles. The zero-order valence-corrected chi connectivity index (χ0v) is 22.1. The van der Waals surface area contributed by atoms with Crippen molar-refractivity contribution in [2.24, 2.45) is 0 Å². The third kappa shape index (κ3) is 19.3. The summed E-state index contributed by atoms with van der Waals surface area (Å²) in [5.74, 6) is 0. The smallest absolute Gasteiger partial charge is 0.756 e. The van der Waals surface area contributed by atoms with Crippen molar-refractivity contribution in [3.63, 3.8) is 0 Å². The van der Waals surface area contributed by atoms with Crippen LogP contribution in [0.1, 0.15) is 71.1 Å². The average Bonchev–Trinajstić information content (AvgIpc) is 3.10. The van der Waals surface area contributed by atoms with Gasteiger partial charge >= 0.3 is 51.4 Å². The van der Waals surface area contributed by atoms with Crippen molar-refractivity contribution >= 4 is 7.82 Å². The zero-order chi connectivity index (χ0) is 20.5. The number of allylic oxidation sites excluding steroid dienone is 6. The molecule has 0 aromatic rings. The Balaban J connectivity index is 0.00000784. The van der Waals surface area contributed by atoms with Crippen LogP contribution >= 0.6 is 7.82 Å². The van der Waals surface area contributed by atoms with Gasteiger partial charge in [-0.1, -0.05) is 62.1 Å². The topological polar surface area (TPSA) is 88.1 Å². The molecule has 1 aliphatic heterocycles. The summed E-state index contributed by atoms with van der Waals surface area (Å²) >= 11 is 0. The Labute approximate surface area is 218 Å². The van der Waals surface area contributed by atoms with Gasteiger partial charge in [-0.05, 0) is 45.4 Å². The maximum absolute atomic E-state index is 10.6. The summed E-state index contributed by atoms with van der Waals surface area (Å²) in [5.41, 5.74) is 0. The minimum Gasteiger partial charge on any atom is -0.756 e. The Hall–Kier alpha value is 0.886. The number of rotatable bonds is 16. The first kappa shape index (κ1) is 29.9. The van der Waals surface area contributed by atoms with Gasteiger partial charge in [0.15, 0.2) is 6.29 Å². The Morgan fingerprint density at radius 1 is 1.03 bits per heavy atom. The predicted octanol–water partition coefficient (Wildman–Crippen LogP) is 1.80. The normalized spacial score (nSPS) is 21.9. The van der Waals surface area contributed by atoms with Crippen LogP contribution in [0.5, 0.6) is 0 Å². The van der Waals surface area contributed by atoms with Crippen LogP contribution in [-0.2, 0) is 18.6 Å². The van der Waals surface area contributed by atoms with Gasteiger partial charge in [-0.15, -0.1) is 0 Å². The van der Waals surface area contributed by atoms with E-state index < -0.39 is 13.9 Å². The Bertz CT molecular complexity index is 517. The summed E-state index contributed by atoms with van der Waals surface area (Å²) < 4.78 is 25.9. The number of hydrogen-bond acceptors (Lipinski definition) is 5. The number of hydrogen-bond donors (Lipinski definition) is 1. The van der Waals surface area contributed by atoms with Gasteiger partial charge in [0.1, 0.15) is 6.10 Å². The molecular weight excluding hydrogens is 418 g/mol. The van der Waals surface area contributed by atoms with Crippen molar-refractivity contribution in [3.05, 3.63) is 36.5 Å². The van der Waals surface area contributed by atoms with Crippen molar-refractivity contribution in [3.8, 4) is 0 Å². The molecule has 1 saturated heterocycles. The number of phosphoric ester groups is 1. The van der Waals surface area contributed by atoms with Crippen molar-refractivity contribution in [1.29, 1.82) is 0 Å². The molecule has 0 bridgehead atoms. The first-order valence-corrected chi connectivity index (χ1v) is 11.9. The van der Waals surface area contributed by atoms with Crippen molar-refractivity contribution < 1.29 is 79.7 Å². The molecule has 29 heavy (non-hydrogen) atoms. The fourth-order valence-electron chi connectivity index (χ4n) is 2.90. The van der Waals surface area contributed by atoms with Crippen LogP contribution in [0, 0.1) is 0 Å². The quantitative estimate of drug-likeness (QED) is 0.166. The Morgan fingerprint density at radius 2 is 1.66 bits per heavy atom. The van der Waals surface area contributed by atoms with E-state index in [0.29, 0.717) is 6.61 Å². The number of ether oxygens (including phenoxy) is 2. The van der Waals surface area contributed by atoms with Crippen LogP contribution in [0.4, 0.5) is 0 Å². The molecule has 0 aromatic heterocycles. The second-order valence-electron chi connectivity index (χ2n) is 6.97. The van der Waals surface area contributed by atoms with E-state index in [1.54, 1.807) is 0 Å². The predicted molar refractivity (Wildman–Crippen MR) is 110 cm³/mol. The van der Waals surface area contributed by atoms with Crippen LogP contribution in [0.3, 0.4) is 0 Å². The molecule has 3 atom stereocenters. The molecule has 3 unspecified atom stereocenters. The van der Waals surface area contributed by atoms with Crippen molar-refractivity contribution in [1.82, 2.24) is 0 Å². The molecule has 0 aromatic carbocycles. The minimum atomic E-state index is -4.69. The third-order valence-corrected chi connectivity index (χ3v) is 4.89. The first-order chi connectivity index (χ1) is 13.5. The van der Waals surface area contributed by atoms with Crippen LogP contribution in [0.25, 0.3) is 0 Å². The molecule has 0 amide bonds. The fourth-order valence-corrected chi connectivity index (χ4v) is 3.26. The third-order valence-electron chi connectivity index (χ3n) is 4.41. The van der Waals surface area contributed by atoms with E-state index >= 15 is 0 Å². The zero-order valence-electron chi connectivity index (χ0n) is 18.0. The van der Waals surface area contributed by atoms with Gasteiger partial charge in [0.2, 0.25) is 0 Å². The molecule has 0 saturated carbocycles. The van der Waals surface area contributed by atoms with Crippen LogP contribution in [0.15, 0.2) is 36.5 Å². The van der Waals surface area contributed by atoms with Gasteiger partial charge in [-0.2, -0.15) is 0 Å². The van der Waals surface area contributed by atoms with E-state index in [-0.39, 0.29) is 64.3 Å². The first-order valence-electron chi connectivity index (χ1n) is 10.4. The van der Waals surface area contributed by atoms with Crippen LogP contribution < -0.4 is 56.3 Å². The fraction of sp³-hybridized carbons (Fsp3) is 0.714. The molecule has 8 heteroatoms. The minimum absolute atomic E-state index is 0. The maximum atomic E-state index is 10.6. The molecule has 0 aliphatic carbocycles. The monoisotopic (exact) mass is 454 g/mol. The standard InChI is InChI=1S/C21H37O6P.K/c1-2-3-4-5-6-7-8-9-10-11-12-13-14-15-16-17-21-25-18-20(27-21)19-26-28(22,23)24;/h2-3,5-6,8-9,20-21H,4,7,10-19H2,1H3,(H2,22,23,24);/q;+1/p-1. The van der Waals surface area contributed by atoms with Crippen LogP contribution in [0.2, 0.25) is 0 Å². The number of phosphoric acid groups is 1. The molecule has 0 spiro atoms. The van der Waals surface area contributed by atoms with Crippen molar-refractivity contribution in [2.75, 3.05) is 13.2 Å². The number of unbranched alkanes of at least 4 members (excludes halogenated alkanes) is 6. The molecule has 1 N–H and O–H groups in total. The summed E-state index contributed by atoms with van der Waals surface area (Å²) in [6, 6.07) is 0. The molecule has 6 nitrogen and oxygen atoms in total. The summed E-state index contributed by atoms with van der Waals surface area (Å²) in [6.07, 6.45) is 23.5. The molecule has 0 radical (unpaired) electrons. The van der Waals surface area contributed by atoms with Gasteiger partial charge in [-0.3, -0.25) is 4.57 Å². The second kappa shape index (κ2) is 19.6. The second-order valence-corrected chi connectivity index (χ2v) is 8.16. The average molecular weight is 455 g/mol. The Kier molecular flexibility index (Phi) is 20.2. The Morgan fingerprint density at radius 3 is 2.34 bits per heavy atom. The van der Waals surface area contributed by atoms with Gasteiger partial charge in [0.05, 0.1) is 13.2 Å². The van der Waals surface area contributed by atoms with Crippen LogP contribution in [-0.4, -0.2) is 30.5 Å². The van der Waals surface area contributed by atoms with Gasteiger partial charge in [0, 0.05) is 0 Å². The van der Waals surface area contributed by atoms with Gasteiger partial charge in [0.25, 0.3) is 7.82 Å². The molecular formula is C21H36KO6P. The molecule has 1 rings (SSSR count). The molecule has 162 valence electrons. The summed E-state index contributed by atoms with van der Waals surface area (Å²) in [5, 5.41) is 0. The van der Waals surface area contributed by atoms with E-state index in [4.69, 9.17) is 14.4 Å².